The van der Waals surface area contributed by atoms with E-state index in [0.29, 0.717) is 12.3 Å². The molecule has 1 aliphatic carbocycles. The molecule has 1 saturated carbocycles. The largest absolute Gasteiger partial charge is 0.388 e. The van der Waals surface area contributed by atoms with E-state index in [-0.39, 0.29) is 6.61 Å². The number of hydrogen-bond acceptors (Lipinski definition) is 2. The molecule has 19 heavy (non-hydrogen) atoms. The molecular weight excluding hydrogens is 250 g/mol. The Balaban J connectivity index is 1.89. The minimum atomic E-state index is -2.44. The summed E-state index contributed by atoms with van der Waals surface area (Å²) in [6.45, 7) is -0.401. The molecule has 1 aromatic rings. The molecule has 0 aliphatic heterocycles. The number of benzene rings is 1. The summed E-state index contributed by atoms with van der Waals surface area (Å²) in [5, 5.41) is 10.2. The van der Waals surface area contributed by atoms with Crippen LogP contribution in [0.15, 0.2) is 24.3 Å². The Kier molecular flexibility index (Phi) is 5.28. The van der Waals surface area contributed by atoms with Crippen LogP contribution in [0.4, 0.5) is 8.78 Å². The van der Waals surface area contributed by atoms with E-state index >= 15 is 0 Å². The summed E-state index contributed by atoms with van der Waals surface area (Å²) in [6.07, 6.45) is 0.870. The van der Waals surface area contributed by atoms with E-state index in [1.54, 1.807) is 0 Å². The summed E-state index contributed by atoms with van der Waals surface area (Å²) in [6, 6.07) is 7.87. The van der Waals surface area contributed by atoms with Crippen LogP contribution < -0.4 is 0 Å². The van der Waals surface area contributed by atoms with Gasteiger partial charge in [0.15, 0.2) is 0 Å². The maximum atomic E-state index is 11.9. The van der Waals surface area contributed by atoms with Crippen LogP contribution in [0.1, 0.15) is 48.8 Å². The van der Waals surface area contributed by atoms with Crippen molar-refractivity contribution in [1.82, 2.24) is 0 Å². The number of ether oxygens (including phenoxy) is 1. The number of alkyl halides is 2. The van der Waals surface area contributed by atoms with E-state index in [4.69, 9.17) is 4.74 Å². The number of rotatable bonds is 7. The average molecular weight is 270 g/mol. The molecule has 4 heteroatoms. The molecule has 0 heterocycles. The van der Waals surface area contributed by atoms with Gasteiger partial charge in [0.05, 0.1) is 6.10 Å². The van der Waals surface area contributed by atoms with Crippen molar-refractivity contribution in [2.24, 2.45) is 0 Å². The first-order chi connectivity index (χ1) is 9.18. The van der Waals surface area contributed by atoms with Crippen LogP contribution in [0.3, 0.4) is 0 Å². The molecule has 0 spiro atoms. The standard InChI is InChI=1S/C15H20F2O2/c16-15(17)10-19-9-8-14(18)13-7-2-1-6-12(13)11-4-3-5-11/h1-2,6-7,11,14-15,18H,3-5,8-10H2. The topological polar surface area (TPSA) is 29.5 Å². The molecule has 0 amide bonds. The van der Waals surface area contributed by atoms with E-state index in [9.17, 15) is 13.9 Å². The van der Waals surface area contributed by atoms with Gasteiger partial charge in [-0.25, -0.2) is 8.78 Å². The first-order valence-corrected chi connectivity index (χ1v) is 6.81. The molecule has 1 aliphatic rings. The van der Waals surface area contributed by atoms with E-state index < -0.39 is 19.1 Å². The first kappa shape index (κ1) is 14.4. The van der Waals surface area contributed by atoms with Gasteiger partial charge in [-0.05, 0) is 29.9 Å². The van der Waals surface area contributed by atoms with Gasteiger partial charge in [0.2, 0.25) is 0 Å². The van der Waals surface area contributed by atoms with Crippen molar-refractivity contribution in [3.05, 3.63) is 35.4 Å². The minimum absolute atomic E-state index is 0.157. The molecule has 1 unspecified atom stereocenters. The molecule has 0 radical (unpaired) electrons. The van der Waals surface area contributed by atoms with Gasteiger partial charge in [0, 0.05) is 13.0 Å². The maximum Gasteiger partial charge on any atom is 0.261 e. The molecule has 0 saturated heterocycles. The zero-order valence-electron chi connectivity index (χ0n) is 10.9. The van der Waals surface area contributed by atoms with Crippen LogP contribution in [0.2, 0.25) is 0 Å². The third-order valence-electron chi connectivity index (χ3n) is 3.68. The van der Waals surface area contributed by atoms with Crippen LogP contribution in [0, 0.1) is 0 Å². The maximum absolute atomic E-state index is 11.9. The number of halogens is 2. The Morgan fingerprint density at radius 1 is 1.26 bits per heavy atom. The van der Waals surface area contributed by atoms with Crippen molar-refractivity contribution in [3.63, 3.8) is 0 Å². The van der Waals surface area contributed by atoms with Crippen LogP contribution >= 0.6 is 0 Å². The molecule has 2 nitrogen and oxygen atoms in total. The molecule has 0 aromatic heterocycles. The fourth-order valence-corrected chi connectivity index (χ4v) is 2.43. The van der Waals surface area contributed by atoms with E-state index in [2.05, 4.69) is 6.07 Å². The summed E-state index contributed by atoms with van der Waals surface area (Å²) in [5.74, 6) is 0.549. The van der Waals surface area contributed by atoms with E-state index in [1.165, 1.54) is 24.8 Å². The highest BCUT2D eigenvalue weighted by molar-refractivity contribution is 5.33. The third-order valence-corrected chi connectivity index (χ3v) is 3.68. The lowest BCUT2D eigenvalue weighted by Gasteiger charge is -2.29. The van der Waals surface area contributed by atoms with Gasteiger partial charge in [0.25, 0.3) is 6.43 Å². The quantitative estimate of drug-likeness (QED) is 0.766. The second-order valence-electron chi connectivity index (χ2n) is 5.03. The normalized spacial score (nSPS) is 17.5. The Bertz CT molecular complexity index is 391. The predicted molar refractivity (Wildman–Crippen MR) is 69.4 cm³/mol. The Morgan fingerprint density at radius 3 is 2.63 bits per heavy atom. The molecule has 1 atom stereocenters. The summed E-state index contributed by atoms with van der Waals surface area (Å²) in [4.78, 5) is 0. The lowest BCUT2D eigenvalue weighted by Crippen LogP contribution is -2.14. The second kappa shape index (κ2) is 6.96. The third kappa shape index (κ3) is 3.98. The van der Waals surface area contributed by atoms with Crippen LogP contribution in [0.5, 0.6) is 0 Å². The van der Waals surface area contributed by atoms with Crippen LogP contribution in [-0.2, 0) is 4.74 Å². The van der Waals surface area contributed by atoms with Crippen molar-refractivity contribution in [3.8, 4) is 0 Å². The van der Waals surface area contributed by atoms with Gasteiger partial charge >= 0.3 is 0 Å². The second-order valence-corrected chi connectivity index (χ2v) is 5.03. The monoisotopic (exact) mass is 270 g/mol. The first-order valence-electron chi connectivity index (χ1n) is 6.81. The minimum Gasteiger partial charge on any atom is -0.388 e. The van der Waals surface area contributed by atoms with Crippen molar-refractivity contribution in [2.45, 2.75) is 44.1 Å². The Morgan fingerprint density at radius 2 is 2.00 bits per heavy atom. The van der Waals surface area contributed by atoms with Crippen molar-refractivity contribution in [1.29, 1.82) is 0 Å². The summed E-state index contributed by atoms with van der Waals surface area (Å²) in [7, 11) is 0. The smallest absolute Gasteiger partial charge is 0.261 e. The van der Waals surface area contributed by atoms with Crippen LogP contribution in [-0.4, -0.2) is 24.7 Å². The average Bonchev–Trinajstić information content (AvgIpc) is 2.33. The molecule has 1 N–H and O–H groups in total. The summed E-state index contributed by atoms with van der Waals surface area (Å²) < 4.78 is 28.7. The molecular formula is C15H20F2O2. The van der Waals surface area contributed by atoms with Crippen LogP contribution in [0.25, 0.3) is 0 Å². The van der Waals surface area contributed by atoms with Crippen molar-refractivity contribution >= 4 is 0 Å². The Hall–Kier alpha value is -1.00. The van der Waals surface area contributed by atoms with Crippen molar-refractivity contribution < 1.29 is 18.6 Å². The molecule has 106 valence electrons. The SMILES string of the molecule is OC(CCOCC(F)F)c1ccccc1C1CCC1. The number of hydrogen-bond donors (Lipinski definition) is 1. The van der Waals surface area contributed by atoms with E-state index in [0.717, 1.165) is 5.56 Å². The highest BCUT2D eigenvalue weighted by Gasteiger charge is 2.24. The van der Waals surface area contributed by atoms with Gasteiger partial charge in [-0.3, -0.25) is 0 Å². The van der Waals surface area contributed by atoms with Gasteiger partial charge in [-0.2, -0.15) is 0 Å². The van der Waals surface area contributed by atoms with Gasteiger partial charge in [-0.1, -0.05) is 30.7 Å². The molecule has 2 rings (SSSR count). The zero-order chi connectivity index (χ0) is 13.7. The summed E-state index contributed by atoms with van der Waals surface area (Å²) >= 11 is 0. The Labute approximate surface area is 112 Å². The number of aliphatic hydroxyl groups is 1. The molecule has 0 bridgehead atoms. The fraction of sp³-hybridized carbons (Fsp3) is 0.600. The fourth-order valence-electron chi connectivity index (χ4n) is 2.43. The highest BCUT2D eigenvalue weighted by Crippen LogP contribution is 2.39. The molecule has 1 fully saturated rings. The lowest BCUT2D eigenvalue weighted by atomic mass is 9.77. The summed E-state index contributed by atoms with van der Waals surface area (Å²) in [5.41, 5.74) is 2.13. The van der Waals surface area contributed by atoms with E-state index in [1.807, 2.05) is 18.2 Å². The zero-order valence-corrected chi connectivity index (χ0v) is 10.9. The number of aliphatic hydroxyl groups excluding tert-OH is 1. The lowest BCUT2D eigenvalue weighted by molar-refractivity contribution is 0.00467. The molecule has 1 aromatic carbocycles. The predicted octanol–water partition coefficient (Wildman–Crippen LogP) is 3.66. The highest BCUT2D eigenvalue weighted by atomic mass is 19.3. The van der Waals surface area contributed by atoms with Gasteiger partial charge in [0.1, 0.15) is 6.61 Å². The van der Waals surface area contributed by atoms with Gasteiger partial charge in [-0.15, -0.1) is 0 Å². The van der Waals surface area contributed by atoms with Gasteiger partial charge < -0.3 is 9.84 Å². The van der Waals surface area contributed by atoms with Crippen molar-refractivity contribution in [2.75, 3.05) is 13.2 Å².